The van der Waals surface area contributed by atoms with Crippen LogP contribution in [0.3, 0.4) is 0 Å². The first kappa shape index (κ1) is 14.6. The number of aryl methyl sites for hydroxylation is 1. The zero-order chi connectivity index (χ0) is 14.5. The number of aromatic nitrogens is 1. The van der Waals surface area contributed by atoms with Crippen molar-refractivity contribution in [1.29, 1.82) is 0 Å². The number of rotatable bonds is 5. The maximum absolute atomic E-state index is 12.0. The molecule has 0 saturated carbocycles. The first-order chi connectivity index (χ1) is 9.63. The summed E-state index contributed by atoms with van der Waals surface area (Å²) in [5.41, 5.74) is 1.25. The quantitative estimate of drug-likeness (QED) is 0.921. The molecular formula is C14H15ClN2O3. The topological polar surface area (TPSA) is 64.4 Å². The van der Waals surface area contributed by atoms with E-state index in [1.807, 2.05) is 18.2 Å². The van der Waals surface area contributed by atoms with Crippen LogP contribution in [-0.4, -0.2) is 24.7 Å². The number of ether oxygens (including phenoxy) is 1. The second-order valence-corrected chi connectivity index (χ2v) is 4.66. The Bertz CT molecular complexity index is 598. The van der Waals surface area contributed by atoms with Gasteiger partial charge in [-0.15, -0.1) is 0 Å². The predicted molar refractivity (Wildman–Crippen MR) is 74.8 cm³/mol. The zero-order valence-electron chi connectivity index (χ0n) is 11.2. The van der Waals surface area contributed by atoms with Crippen LogP contribution in [0, 0.1) is 6.92 Å². The number of carbonyl (C=O) groups excluding carboxylic acids is 1. The Morgan fingerprint density at radius 3 is 2.85 bits per heavy atom. The molecule has 2 rings (SSSR count). The van der Waals surface area contributed by atoms with Crippen molar-refractivity contribution in [3.63, 3.8) is 0 Å². The smallest absolute Gasteiger partial charge is 0.256 e. The van der Waals surface area contributed by atoms with Crippen LogP contribution in [0.1, 0.15) is 27.8 Å². The fraction of sp³-hybridized carbons (Fsp3) is 0.286. The molecule has 0 bridgehead atoms. The van der Waals surface area contributed by atoms with Gasteiger partial charge in [0.15, 0.2) is 0 Å². The number of hydrogen-bond acceptors (Lipinski definition) is 4. The number of carbonyl (C=O) groups is 1. The van der Waals surface area contributed by atoms with E-state index in [4.69, 9.17) is 20.9 Å². The van der Waals surface area contributed by atoms with Gasteiger partial charge in [0.2, 0.25) is 0 Å². The Kier molecular flexibility index (Phi) is 4.76. The lowest BCUT2D eigenvalue weighted by molar-refractivity contribution is 0.0827. The summed E-state index contributed by atoms with van der Waals surface area (Å²) in [6.45, 7) is 1.99. The van der Waals surface area contributed by atoms with Crippen LogP contribution in [0.15, 0.2) is 35.0 Å². The van der Waals surface area contributed by atoms with Crippen molar-refractivity contribution in [2.75, 3.05) is 13.7 Å². The predicted octanol–water partition coefficient (Wildman–Crippen LogP) is 2.75. The summed E-state index contributed by atoms with van der Waals surface area (Å²) in [4.78, 5) is 12.0. The summed E-state index contributed by atoms with van der Waals surface area (Å²) < 4.78 is 10.2. The zero-order valence-corrected chi connectivity index (χ0v) is 12.0. The van der Waals surface area contributed by atoms with Crippen molar-refractivity contribution in [2.45, 2.75) is 13.0 Å². The van der Waals surface area contributed by atoms with Crippen LogP contribution >= 0.6 is 11.6 Å². The van der Waals surface area contributed by atoms with Gasteiger partial charge in [-0.1, -0.05) is 35.0 Å². The van der Waals surface area contributed by atoms with Gasteiger partial charge in [0.1, 0.15) is 17.4 Å². The highest BCUT2D eigenvalue weighted by atomic mass is 35.5. The summed E-state index contributed by atoms with van der Waals surface area (Å²) in [5.74, 6) is 0.229. The molecule has 0 saturated heterocycles. The van der Waals surface area contributed by atoms with Gasteiger partial charge < -0.3 is 14.6 Å². The molecule has 0 radical (unpaired) electrons. The Morgan fingerprint density at radius 2 is 2.25 bits per heavy atom. The van der Waals surface area contributed by atoms with E-state index in [2.05, 4.69) is 10.5 Å². The van der Waals surface area contributed by atoms with Crippen molar-refractivity contribution in [1.82, 2.24) is 10.5 Å². The number of hydrogen-bond donors (Lipinski definition) is 1. The standard InChI is InChI=1S/C14H15ClN2O3/c1-9-11(7-17-20-9)14(18)16-8-13(19-2)10-5-3-4-6-12(10)15/h3-7,13H,8H2,1-2H3,(H,16,18). The lowest BCUT2D eigenvalue weighted by Crippen LogP contribution is -2.29. The molecule has 1 aromatic heterocycles. The van der Waals surface area contributed by atoms with Crippen molar-refractivity contribution in [3.8, 4) is 0 Å². The minimum Gasteiger partial charge on any atom is -0.375 e. The molecule has 6 heteroatoms. The summed E-state index contributed by atoms with van der Waals surface area (Å²) in [6.07, 6.45) is 1.08. The van der Waals surface area contributed by atoms with E-state index in [1.165, 1.54) is 6.20 Å². The minimum absolute atomic E-state index is 0.252. The molecular weight excluding hydrogens is 280 g/mol. The fourth-order valence-electron chi connectivity index (χ4n) is 1.85. The molecule has 1 atom stereocenters. The highest BCUT2D eigenvalue weighted by Crippen LogP contribution is 2.24. The Labute approximate surface area is 121 Å². The third-order valence-electron chi connectivity index (χ3n) is 2.98. The van der Waals surface area contributed by atoms with Gasteiger partial charge in [0.05, 0.1) is 6.20 Å². The average molecular weight is 295 g/mol. The monoisotopic (exact) mass is 294 g/mol. The lowest BCUT2D eigenvalue weighted by Gasteiger charge is -2.17. The average Bonchev–Trinajstić information content (AvgIpc) is 2.87. The summed E-state index contributed by atoms with van der Waals surface area (Å²) in [6, 6.07) is 7.37. The molecule has 1 heterocycles. The summed E-state index contributed by atoms with van der Waals surface area (Å²) in [5, 5.41) is 6.96. The Balaban J connectivity index is 2.03. The molecule has 1 unspecified atom stereocenters. The van der Waals surface area contributed by atoms with Crippen LogP contribution in [-0.2, 0) is 4.74 Å². The molecule has 0 aliphatic heterocycles. The van der Waals surface area contributed by atoms with Crippen molar-refractivity contribution < 1.29 is 14.1 Å². The molecule has 5 nitrogen and oxygen atoms in total. The lowest BCUT2D eigenvalue weighted by atomic mass is 10.1. The number of nitrogens with one attached hydrogen (secondary N) is 1. The number of amides is 1. The Morgan fingerprint density at radius 1 is 1.50 bits per heavy atom. The van der Waals surface area contributed by atoms with E-state index in [1.54, 1.807) is 20.1 Å². The van der Waals surface area contributed by atoms with Crippen molar-refractivity contribution >= 4 is 17.5 Å². The van der Waals surface area contributed by atoms with Gasteiger partial charge in [-0.3, -0.25) is 4.79 Å². The number of benzene rings is 1. The maximum Gasteiger partial charge on any atom is 0.256 e. The molecule has 0 aliphatic rings. The van der Waals surface area contributed by atoms with E-state index >= 15 is 0 Å². The fourth-order valence-corrected chi connectivity index (χ4v) is 2.11. The van der Waals surface area contributed by atoms with Gasteiger partial charge in [-0.25, -0.2) is 0 Å². The number of halogens is 1. The van der Waals surface area contributed by atoms with Gasteiger partial charge in [-0.2, -0.15) is 0 Å². The molecule has 106 valence electrons. The van der Waals surface area contributed by atoms with Gasteiger partial charge >= 0.3 is 0 Å². The maximum atomic E-state index is 12.0. The van der Waals surface area contributed by atoms with Crippen LogP contribution in [0.4, 0.5) is 0 Å². The SMILES string of the molecule is COC(CNC(=O)c1cnoc1C)c1ccccc1Cl. The van der Waals surface area contributed by atoms with E-state index in [9.17, 15) is 4.79 Å². The van der Waals surface area contributed by atoms with Crippen LogP contribution in [0.25, 0.3) is 0 Å². The molecule has 20 heavy (non-hydrogen) atoms. The molecule has 1 N–H and O–H groups in total. The molecule has 1 aromatic carbocycles. The van der Waals surface area contributed by atoms with E-state index in [0.717, 1.165) is 5.56 Å². The number of nitrogens with zero attached hydrogens (tertiary/aromatic N) is 1. The highest BCUT2D eigenvalue weighted by molar-refractivity contribution is 6.31. The first-order valence-electron chi connectivity index (χ1n) is 6.10. The van der Waals surface area contributed by atoms with Crippen LogP contribution in [0.2, 0.25) is 5.02 Å². The van der Waals surface area contributed by atoms with Gasteiger partial charge in [0.25, 0.3) is 5.91 Å². The summed E-state index contributed by atoms with van der Waals surface area (Å²) in [7, 11) is 1.57. The first-order valence-corrected chi connectivity index (χ1v) is 6.48. The van der Waals surface area contributed by atoms with E-state index < -0.39 is 0 Å². The van der Waals surface area contributed by atoms with Crippen LogP contribution in [0.5, 0.6) is 0 Å². The highest BCUT2D eigenvalue weighted by Gasteiger charge is 2.17. The molecule has 1 amide bonds. The molecule has 0 fully saturated rings. The van der Waals surface area contributed by atoms with Gasteiger partial charge in [0, 0.05) is 24.2 Å². The molecule has 0 spiro atoms. The van der Waals surface area contributed by atoms with E-state index in [0.29, 0.717) is 22.9 Å². The van der Waals surface area contributed by atoms with Crippen molar-refractivity contribution in [3.05, 3.63) is 52.4 Å². The number of methoxy groups -OCH3 is 1. The largest absolute Gasteiger partial charge is 0.375 e. The van der Waals surface area contributed by atoms with Gasteiger partial charge in [-0.05, 0) is 13.0 Å². The third kappa shape index (κ3) is 3.18. The second kappa shape index (κ2) is 6.54. The van der Waals surface area contributed by atoms with E-state index in [-0.39, 0.29) is 12.0 Å². The third-order valence-corrected chi connectivity index (χ3v) is 3.32. The normalized spacial score (nSPS) is 12.2. The Hall–Kier alpha value is -1.85. The van der Waals surface area contributed by atoms with Crippen molar-refractivity contribution in [2.24, 2.45) is 0 Å². The second-order valence-electron chi connectivity index (χ2n) is 4.25. The summed E-state index contributed by atoms with van der Waals surface area (Å²) >= 11 is 6.12. The minimum atomic E-state index is -0.312. The molecule has 2 aromatic rings. The molecule has 0 aliphatic carbocycles. The van der Waals surface area contributed by atoms with Crippen LogP contribution < -0.4 is 5.32 Å².